The topological polar surface area (TPSA) is 23.8 Å². The van der Waals surface area contributed by atoms with Gasteiger partial charge in [0.2, 0.25) is 0 Å². The molecule has 2 aromatic rings. The van der Waals surface area contributed by atoms with E-state index in [0.717, 1.165) is 17.4 Å². The number of unbranched alkanes of at least 4 members (excludes halogenated alkanes) is 4. The Morgan fingerprint density at radius 3 is 2.13 bits per heavy atom. The molecular weight excluding hydrogens is 362 g/mol. The molecule has 0 amide bonds. The van der Waals surface area contributed by atoms with Crippen molar-refractivity contribution in [3.8, 4) is 17.2 Å². The lowest BCUT2D eigenvalue weighted by Gasteiger charge is -2.28. The first kappa shape index (κ1) is 22.6. The van der Waals surface area contributed by atoms with Crippen molar-refractivity contribution in [2.45, 2.75) is 90.9 Å². The van der Waals surface area contributed by atoms with Gasteiger partial charge < -0.3 is 0 Å². The number of nitriles is 1. The third-order valence-electron chi connectivity index (χ3n) is 7.14. The second-order valence-corrected chi connectivity index (χ2v) is 9.47. The Morgan fingerprint density at radius 1 is 0.833 bits per heavy atom. The van der Waals surface area contributed by atoms with Crippen LogP contribution in [0, 0.1) is 30.1 Å². The van der Waals surface area contributed by atoms with Crippen LogP contribution in [0.2, 0.25) is 0 Å². The maximum Gasteiger partial charge on any atom is 0.0991 e. The monoisotopic (exact) mass is 401 g/mol. The van der Waals surface area contributed by atoms with E-state index in [4.69, 9.17) is 5.26 Å². The van der Waals surface area contributed by atoms with Gasteiger partial charge in [-0.25, -0.2) is 0 Å². The van der Waals surface area contributed by atoms with Gasteiger partial charge in [0.1, 0.15) is 0 Å². The van der Waals surface area contributed by atoms with Gasteiger partial charge in [-0.05, 0) is 66.0 Å². The summed E-state index contributed by atoms with van der Waals surface area (Å²) in [6.45, 7) is 4.51. The lowest BCUT2D eigenvalue weighted by molar-refractivity contribution is 0.248. The molecule has 1 fully saturated rings. The standard InChI is InChI=1S/C29H39N/c1-3-4-5-6-7-8-24-9-11-25(12-10-24)13-14-26-17-20-29(23(2)21-26)28-18-15-27(22-30)16-19-28/h15-21,24-25H,3-14H2,1-2H3/t24-,25-. The molecule has 1 aliphatic rings. The predicted octanol–water partition coefficient (Wildman–Crippen LogP) is 8.63. The van der Waals surface area contributed by atoms with Crippen molar-refractivity contribution in [1.29, 1.82) is 5.26 Å². The fourth-order valence-electron chi connectivity index (χ4n) is 5.15. The molecule has 0 unspecified atom stereocenters. The fourth-order valence-corrected chi connectivity index (χ4v) is 5.15. The Morgan fingerprint density at radius 2 is 1.50 bits per heavy atom. The largest absolute Gasteiger partial charge is 0.192 e. The average molecular weight is 402 g/mol. The molecule has 30 heavy (non-hydrogen) atoms. The van der Waals surface area contributed by atoms with Crippen molar-refractivity contribution in [3.63, 3.8) is 0 Å². The lowest BCUT2D eigenvalue weighted by atomic mass is 9.77. The highest BCUT2D eigenvalue weighted by Gasteiger charge is 2.20. The summed E-state index contributed by atoms with van der Waals surface area (Å²) in [5.41, 5.74) is 6.01. The molecule has 160 valence electrons. The second-order valence-electron chi connectivity index (χ2n) is 9.47. The van der Waals surface area contributed by atoms with Crippen LogP contribution >= 0.6 is 0 Å². The zero-order valence-electron chi connectivity index (χ0n) is 19.1. The number of benzene rings is 2. The van der Waals surface area contributed by atoms with Gasteiger partial charge in [0.25, 0.3) is 0 Å². The van der Waals surface area contributed by atoms with E-state index >= 15 is 0 Å². The molecule has 1 nitrogen and oxygen atoms in total. The summed E-state index contributed by atoms with van der Waals surface area (Å²) in [6.07, 6.45) is 17.0. The zero-order valence-corrected chi connectivity index (χ0v) is 19.1. The van der Waals surface area contributed by atoms with Gasteiger partial charge in [0, 0.05) is 0 Å². The van der Waals surface area contributed by atoms with Crippen molar-refractivity contribution in [3.05, 3.63) is 59.2 Å². The normalized spacial score (nSPS) is 18.8. The van der Waals surface area contributed by atoms with Gasteiger partial charge in [0.15, 0.2) is 0 Å². The Hall–Kier alpha value is -2.07. The molecule has 0 N–H and O–H groups in total. The summed E-state index contributed by atoms with van der Waals surface area (Å²) < 4.78 is 0. The average Bonchev–Trinajstić information content (AvgIpc) is 2.78. The zero-order chi connectivity index (χ0) is 21.2. The van der Waals surface area contributed by atoms with Crippen LogP contribution in [0.3, 0.4) is 0 Å². The second kappa shape index (κ2) is 11.9. The maximum atomic E-state index is 8.99. The molecule has 0 atom stereocenters. The lowest BCUT2D eigenvalue weighted by Crippen LogP contribution is -2.15. The molecule has 2 aromatic carbocycles. The van der Waals surface area contributed by atoms with E-state index in [0.29, 0.717) is 0 Å². The van der Waals surface area contributed by atoms with Crippen LogP contribution in [-0.2, 0) is 6.42 Å². The molecule has 0 aliphatic heterocycles. The summed E-state index contributed by atoms with van der Waals surface area (Å²) in [7, 11) is 0. The molecule has 3 rings (SSSR count). The van der Waals surface area contributed by atoms with Crippen LogP contribution in [0.25, 0.3) is 11.1 Å². The molecule has 1 heteroatoms. The van der Waals surface area contributed by atoms with Crippen LogP contribution in [0.1, 0.15) is 94.2 Å². The Balaban J connectivity index is 1.42. The Labute approximate surface area is 184 Å². The minimum atomic E-state index is 0.722. The van der Waals surface area contributed by atoms with Crippen LogP contribution in [0.4, 0.5) is 0 Å². The third kappa shape index (κ3) is 6.73. The first-order chi connectivity index (χ1) is 14.7. The van der Waals surface area contributed by atoms with E-state index in [1.807, 2.05) is 12.1 Å². The highest BCUT2D eigenvalue weighted by Crippen LogP contribution is 2.34. The van der Waals surface area contributed by atoms with Gasteiger partial charge in [-0.2, -0.15) is 5.26 Å². The minimum absolute atomic E-state index is 0.722. The van der Waals surface area contributed by atoms with Crippen molar-refractivity contribution in [2.24, 2.45) is 11.8 Å². The van der Waals surface area contributed by atoms with E-state index in [-0.39, 0.29) is 0 Å². The van der Waals surface area contributed by atoms with E-state index in [9.17, 15) is 0 Å². The summed E-state index contributed by atoms with van der Waals surface area (Å²) in [5, 5.41) is 8.99. The van der Waals surface area contributed by atoms with Crippen molar-refractivity contribution < 1.29 is 0 Å². The SMILES string of the molecule is CCCCCCC[C@H]1CC[C@H](CCc2ccc(-c3ccc(C#N)cc3)c(C)c2)CC1. The highest BCUT2D eigenvalue weighted by atomic mass is 14.3. The number of nitrogens with zero attached hydrogens (tertiary/aromatic N) is 1. The molecule has 1 aliphatic carbocycles. The maximum absolute atomic E-state index is 8.99. The quantitative estimate of drug-likeness (QED) is 0.365. The highest BCUT2D eigenvalue weighted by molar-refractivity contribution is 5.68. The van der Waals surface area contributed by atoms with Crippen LogP contribution in [0.5, 0.6) is 0 Å². The molecule has 0 aromatic heterocycles. The summed E-state index contributed by atoms with van der Waals surface area (Å²) in [5.74, 6) is 1.94. The Kier molecular flexibility index (Phi) is 9.00. The molecular formula is C29H39N. The number of hydrogen-bond acceptors (Lipinski definition) is 1. The molecule has 0 bridgehead atoms. The first-order valence-electron chi connectivity index (χ1n) is 12.3. The van der Waals surface area contributed by atoms with Gasteiger partial charge in [-0.1, -0.05) is 101 Å². The Bertz CT molecular complexity index is 803. The smallest absolute Gasteiger partial charge is 0.0991 e. The summed E-state index contributed by atoms with van der Waals surface area (Å²) in [6, 6.07) is 17.1. The molecule has 0 spiro atoms. The number of rotatable bonds is 10. The van der Waals surface area contributed by atoms with E-state index in [1.54, 1.807) is 0 Å². The number of hydrogen-bond donors (Lipinski definition) is 0. The van der Waals surface area contributed by atoms with Crippen molar-refractivity contribution in [2.75, 3.05) is 0 Å². The molecule has 1 saturated carbocycles. The summed E-state index contributed by atoms with van der Waals surface area (Å²) in [4.78, 5) is 0. The van der Waals surface area contributed by atoms with E-state index in [2.05, 4.69) is 50.2 Å². The molecule has 0 saturated heterocycles. The number of aryl methyl sites for hydroxylation is 2. The van der Waals surface area contributed by atoms with Crippen LogP contribution in [0.15, 0.2) is 42.5 Å². The van der Waals surface area contributed by atoms with Crippen molar-refractivity contribution >= 4 is 0 Å². The van der Waals surface area contributed by atoms with Crippen molar-refractivity contribution in [1.82, 2.24) is 0 Å². The van der Waals surface area contributed by atoms with Gasteiger partial charge in [-0.3, -0.25) is 0 Å². The van der Waals surface area contributed by atoms with Gasteiger partial charge in [0.05, 0.1) is 11.6 Å². The molecule has 0 radical (unpaired) electrons. The third-order valence-corrected chi connectivity index (χ3v) is 7.14. The summed E-state index contributed by atoms with van der Waals surface area (Å²) >= 11 is 0. The van der Waals surface area contributed by atoms with Gasteiger partial charge in [-0.15, -0.1) is 0 Å². The van der Waals surface area contributed by atoms with Crippen LogP contribution in [-0.4, -0.2) is 0 Å². The molecule has 0 heterocycles. The van der Waals surface area contributed by atoms with E-state index < -0.39 is 0 Å². The fraction of sp³-hybridized carbons (Fsp3) is 0.552. The first-order valence-corrected chi connectivity index (χ1v) is 12.3. The predicted molar refractivity (Wildman–Crippen MR) is 128 cm³/mol. The minimum Gasteiger partial charge on any atom is -0.192 e. The van der Waals surface area contributed by atoms with Crippen LogP contribution < -0.4 is 0 Å². The van der Waals surface area contributed by atoms with E-state index in [1.165, 1.54) is 99.3 Å². The van der Waals surface area contributed by atoms with Gasteiger partial charge >= 0.3 is 0 Å².